The maximum atomic E-state index is 12.4. The van der Waals surface area contributed by atoms with E-state index in [1.165, 1.54) is 12.8 Å². The first kappa shape index (κ1) is 18.7. The van der Waals surface area contributed by atoms with Gasteiger partial charge in [-0.2, -0.15) is 0 Å². The Labute approximate surface area is 155 Å². The molecule has 0 bridgehead atoms. The van der Waals surface area contributed by atoms with Crippen LogP contribution in [-0.4, -0.2) is 48.6 Å². The summed E-state index contributed by atoms with van der Waals surface area (Å²) in [7, 11) is 0. The van der Waals surface area contributed by atoms with Crippen LogP contribution in [0, 0.1) is 5.92 Å². The summed E-state index contributed by atoms with van der Waals surface area (Å²) in [4.78, 5) is 26.6. The fourth-order valence-electron chi connectivity index (χ4n) is 3.36. The lowest BCUT2D eigenvalue weighted by Gasteiger charge is -2.35. The van der Waals surface area contributed by atoms with Crippen LogP contribution in [0.15, 0.2) is 24.3 Å². The molecule has 1 unspecified atom stereocenters. The zero-order valence-electron chi connectivity index (χ0n) is 15.8. The van der Waals surface area contributed by atoms with Crippen LogP contribution in [0.25, 0.3) is 0 Å². The van der Waals surface area contributed by atoms with Gasteiger partial charge >= 0.3 is 6.03 Å². The lowest BCUT2D eigenvalue weighted by Crippen LogP contribution is -2.43. The first-order chi connectivity index (χ1) is 12.5. The summed E-state index contributed by atoms with van der Waals surface area (Å²) in [6.07, 6.45) is 4.48. The Hall–Kier alpha value is -2.08. The van der Waals surface area contributed by atoms with Crippen molar-refractivity contribution >= 4 is 17.6 Å². The molecule has 0 radical (unpaired) electrons. The maximum absolute atomic E-state index is 12.4. The van der Waals surface area contributed by atoms with E-state index >= 15 is 0 Å². The average molecular weight is 358 g/mol. The summed E-state index contributed by atoms with van der Waals surface area (Å²) < 4.78 is 0. The SMILES string of the molecule is CC(C)N1CCCC(CNC(=O)c2ccc(NC(=O)NC3CC3)cc2)C1. The van der Waals surface area contributed by atoms with Crippen LogP contribution >= 0.6 is 0 Å². The molecule has 3 rings (SSSR count). The number of hydrogen-bond acceptors (Lipinski definition) is 3. The minimum atomic E-state index is -0.184. The zero-order valence-corrected chi connectivity index (χ0v) is 15.8. The number of carbonyl (C=O) groups is 2. The first-order valence-corrected chi connectivity index (χ1v) is 9.71. The number of hydrogen-bond donors (Lipinski definition) is 3. The normalized spacial score (nSPS) is 20.7. The van der Waals surface area contributed by atoms with E-state index in [9.17, 15) is 9.59 Å². The highest BCUT2D eigenvalue weighted by molar-refractivity contribution is 5.95. The van der Waals surface area contributed by atoms with Crippen molar-refractivity contribution in [3.05, 3.63) is 29.8 Å². The quantitative estimate of drug-likeness (QED) is 0.732. The number of likely N-dealkylation sites (tertiary alicyclic amines) is 1. The fraction of sp³-hybridized carbons (Fsp3) is 0.600. The van der Waals surface area contributed by atoms with Crippen molar-refractivity contribution in [1.29, 1.82) is 0 Å². The standard InChI is InChI=1S/C20H30N4O2/c1-14(2)24-11-3-4-15(13-24)12-21-19(25)16-5-7-17(8-6-16)22-20(26)23-18-9-10-18/h5-8,14-15,18H,3-4,9-13H2,1-2H3,(H,21,25)(H2,22,23,26). The van der Waals surface area contributed by atoms with E-state index in [0.717, 1.165) is 25.9 Å². The molecule has 1 aromatic carbocycles. The van der Waals surface area contributed by atoms with E-state index in [1.54, 1.807) is 24.3 Å². The van der Waals surface area contributed by atoms with Gasteiger partial charge in [-0.15, -0.1) is 0 Å². The highest BCUT2D eigenvalue weighted by Crippen LogP contribution is 2.19. The molecule has 0 spiro atoms. The number of rotatable bonds is 6. The summed E-state index contributed by atoms with van der Waals surface area (Å²) in [5.41, 5.74) is 1.31. The number of amides is 3. The molecule has 2 aliphatic rings. The lowest BCUT2D eigenvalue weighted by atomic mass is 9.97. The molecule has 1 aromatic rings. The molecule has 6 heteroatoms. The van der Waals surface area contributed by atoms with Crippen molar-refractivity contribution in [3.63, 3.8) is 0 Å². The molecule has 0 aromatic heterocycles. The molecule has 1 aliphatic carbocycles. The van der Waals surface area contributed by atoms with Crippen LogP contribution < -0.4 is 16.0 Å². The van der Waals surface area contributed by atoms with Gasteiger partial charge in [0.2, 0.25) is 0 Å². The molecule has 142 valence electrons. The number of nitrogens with one attached hydrogen (secondary N) is 3. The van der Waals surface area contributed by atoms with Crippen molar-refractivity contribution < 1.29 is 9.59 Å². The van der Waals surface area contributed by atoms with Gasteiger partial charge < -0.3 is 20.9 Å². The van der Waals surface area contributed by atoms with E-state index in [4.69, 9.17) is 0 Å². The van der Waals surface area contributed by atoms with Crippen LogP contribution in [0.2, 0.25) is 0 Å². The molecule has 1 aliphatic heterocycles. The third-order valence-electron chi connectivity index (χ3n) is 5.15. The second-order valence-corrected chi connectivity index (χ2v) is 7.76. The third-order valence-corrected chi connectivity index (χ3v) is 5.15. The number of benzene rings is 1. The minimum absolute atomic E-state index is 0.0550. The number of carbonyl (C=O) groups excluding carboxylic acids is 2. The van der Waals surface area contributed by atoms with Crippen LogP contribution in [-0.2, 0) is 0 Å². The van der Waals surface area contributed by atoms with E-state index in [0.29, 0.717) is 35.8 Å². The van der Waals surface area contributed by atoms with Crippen molar-refractivity contribution in [2.24, 2.45) is 5.92 Å². The van der Waals surface area contributed by atoms with Crippen LogP contribution in [0.4, 0.5) is 10.5 Å². The van der Waals surface area contributed by atoms with Crippen molar-refractivity contribution in [2.75, 3.05) is 25.0 Å². The van der Waals surface area contributed by atoms with Gasteiger partial charge in [-0.1, -0.05) is 0 Å². The van der Waals surface area contributed by atoms with Gasteiger partial charge in [0.15, 0.2) is 0 Å². The predicted octanol–water partition coefficient (Wildman–Crippen LogP) is 2.82. The molecule has 1 saturated carbocycles. The molecule has 1 atom stereocenters. The first-order valence-electron chi connectivity index (χ1n) is 9.71. The maximum Gasteiger partial charge on any atom is 0.319 e. The van der Waals surface area contributed by atoms with Gasteiger partial charge in [-0.25, -0.2) is 4.79 Å². The average Bonchev–Trinajstić information content (AvgIpc) is 3.44. The third kappa shape index (κ3) is 5.46. The van der Waals surface area contributed by atoms with Crippen LogP contribution in [0.1, 0.15) is 49.9 Å². The summed E-state index contributed by atoms with van der Waals surface area (Å²) in [6, 6.07) is 7.74. The highest BCUT2D eigenvalue weighted by atomic mass is 16.2. The zero-order chi connectivity index (χ0) is 18.5. The molecular weight excluding hydrogens is 328 g/mol. The molecule has 6 nitrogen and oxygen atoms in total. The molecule has 26 heavy (non-hydrogen) atoms. The molecule has 1 saturated heterocycles. The second-order valence-electron chi connectivity index (χ2n) is 7.76. The lowest BCUT2D eigenvalue weighted by molar-refractivity contribution is 0.0922. The molecular formula is C20H30N4O2. The smallest absolute Gasteiger partial charge is 0.319 e. The van der Waals surface area contributed by atoms with Crippen LogP contribution in [0.3, 0.4) is 0 Å². The topological polar surface area (TPSA) is 73.5 Å². The number of nitrogens with zero attached hydrogens (tertiary/aromatic N) is 1. The van der Waals surface area contributed by atoms with Gasteiger partial charge in [-0.3, -0.25) is 4.79 Å². The van der Waals surface area contributed by atoms with Gasteiger partial charge in [0.25, 0.3) is 5.91 Å². The Balaban J connectivity index is 1.44. The summed E-state index contributed by atoms with van der Waals surface area (Å²) in [5.74, 6) is 0.461. The largest absolute Gasteiger partial charge is 0.352 e. The predicted molar refractivity (Wildman–Crippen MR) is 103 cm³/mol. The Morgan fingerprint density at radius 3 is 2.54 bits per heavy atom. The second kappa shape index (κ2) is 8.54. The van der Waals surface area contributed by atoms with Crippen molar-refractivity contribution in [1.82, 2.24) is 15.5 Å². The Kier molecular flexibility index (Phi) is 6.14. The van der Waals surface area contributed by atoms with Crippen molar-refractivity contribution in [3.8, 4) is 0 Å². The number of piperidine rings is 1. The summed E-state index contributed by atoms with van der Waals surface area (Å²) in [5, 5.41) is 8.72. The number of urea groups is 1. The highest BCUT2D eigenvalue weighted by Gasteiger charge is 2.23. The fourth-order valence-corrected chi connectivity index (χ4v) is 3.36. The Morgan fingerprint density at radius 1 is 1.15 bits per heavy atom. The Bertz CT molecular complexity index is 625. The molecule has 2 fully saturated rings. The van der Waals surface area contributed by atoms with E-state index < -0.39 is 0 Å². The van der Waals surface area contributed by atoms with E-state index in [2.05, 4.69) is 34.7 Å². The Morgan fingerprint density at radius 2 is 1.88 bits per heavy atom. The summed E-state index contributed by atoms with van der Waals surface area (Å²) >= 11 is 0. The van der Waals surface area contributed by atoms with Gasteiger partial charge in [0.1, 0.15) is 0 Å². The molecule has 3 amide bonds. The number of anilines is 1. The molecule has 1 heterocycles. The van der Waals surface area contributed by atoms with Crippen molar-refractivity contribution in [2.45, 2.75) is 51.6 Å². The summed E-state index contributed by atoms with van der Waals surface area (Å²) in [6.45, 7) is 7.37. The van der Waals surface area contributed by atoms with Gasteiger partial charge in [0.05, 0.1) is 0 Å². The monoisotopic (exact) mass is 358 g/mol. The van der Waals surface area contributed by atoms with E-state index in [-0.39, 0.29) is 11.9 Å². The molecule has 3 N–H and O–H groups in total. The van der Waals surface area contributed by atoms with E-state index in [1.807, 2.05) is 0 Å². The van der Waals surface area contributed by atoms with Gasteiger partial charge in [0, 0.05) is 36.4 Å². The minimum Gasteiger partial charge on any atom is -0.352 e. The van der Waals surface area contributed by atoms with Crippen LogP contribution in [0.5, 0.6) is 0 Å². The van der Waals surface area contributed by atoms with Gasteiger partial charge in [-0.05, 0) is 76.3 Å².